The Morgan fingerprint density at radius 3 is 0.578 bits per heavy atom. The Labute approximate surface area is 804 Å². The van der Waals surface area contributed by atoms with E-state index in [0.717, 1.165) is 19.1 Å². The summed E-state index contributed by atoms with van der Waals surface area (Å²) in [6.45, 7) is 19.4. The average Bonchev–Trinajstić information content (AvgIpc) is 1.10. The molecule has 0 spiro atoms. The third kappa shape index (κ3) is 134. The van der Waals surface area contributed by atoms with E-state index in [4.69, 9.17) is 155 Å². The van der Waals surface area contributed by atoms with E-state index in [2.05, 4.69) is 0 Å². The van der Waals surface area contributed by atoms with E-state index in [-0.39, 0.29) is 220 Å². The molecule has 1 heterocycles. The molecule has 0 aromatic heterocycles. The highest BCUT2D eigenvalue weighted by Crippen LogP contribution is 2.23. The molecule has 824 valence electrons. The summed E-state index contributed by atoms with van der Waals surface area (Å²) in [7, 11) is 14.4. The van der Waals surface area contributed by atoms with Gasteiger partial charge in [-0.2, -0.15) is 0 Å². The van der Waals surface area contributed by atoms with Gasteiger partial charge in [0.15, 0.2) is 0 Å². The number of hydrogen-bond acceptors (Lipinski definition) is 34. The van der Waals surface area contributed by atoms with Gasteiger partial charge in [-0.25, -0.2) is 0 Å². The van der Waals surface area contributed by atoms with E-state index in [9.17, 15) is 5.11 Å². The van der Waals surface area contributed by atoms with Crippen molar-refractivity contribution in [3.8, 4) is 0 Å². The van der Waals surface area contributed by atoms with Gasteiger partial charge in [-0.05, 0) is 12.8 Å². The number of ether oxygens (including phenoxy) is 26. The Kier molecular flexibility index (Phi) is 257. The summed E-state index contributed by atoms with van der Waals surface area (Å²) in [5.74, 6) is 0. The molecule has 0 aromatic carbocycles. The zero-order valence-corrected chi connectivity index (χ0v) is 66.5. The van der Waals surface area contributed by atoms with Gasteiger partial charge in [0, 0.05) is 111 Å². The summed E-state index contributed by atoms with van der Waals surface area (Å²) in [6.07, 6.45) is 1.17. The molecule has 2 unspecified atom stereocenters. The minimum absolute atomic E-state index is 0. The van der Waals surface area contributed by atoms with Crippen molar-refractivity contribution in [3.05, 3.63) is 0 Å². The quantitative estimate of drug-likeness (QED) is 0.0324. The zero-order chi connectivity index (χ0) is 75.1. The maximum atomic E-state index is 10.1. The van der Waals surface area contributed by atoms with Gasteiger partial charge >= 0.3 is 17.6 Å². The van der Waals surface area contributed by atoms with Crippen molar-refractivity contribution in [1.82, 2.24) is 0 Å². The Morgan fingerprint density at radius 1 is 0.234 bits per heavy atom. The molecule has 0 aromatic rings. The average molecular weight is 1950 g/mol. The normalized spacial score (nSPS) is 11.0. The van der Waals surface area contributed by atoms with E-state index in [1.807, 2.05) is 0 Å². The number of rotatable bonds is 83. The van der Waals surface area contributed by atoms with Gasteiger partial charge in [0.25, 0.3) is 0 Å². The number of aliphatic hydroxyl groups is 2. The fraction of sp³-hybridized carbons (Fsp3) is 1.00. The van der Waals surface area contributed by atoms with Crippen molar-refractivity contribution in [2.75, 3.05) is 389 Å². The van der Waals surface area contributed by atoms with Crippen LogP contribution >= 0.6 is 0 Å². The topological polar surface area (TPSA) is 339 Å². The van der Waals surface area contributed by atoms with Gasteiger partial charge in [0.2, 0.25) is 0 Å². The molecule has 0 amide bonds. The van der Waals surface area contributed by atoms with Crippen molar-refractivity contribution in [2.45, 2.75) is 230 Å². The van der Waals surface area contributed by atoms with Gasteiger partial charge in [-0.1, -0.05) is 193 Å². The Balaban J connectivity index is -0.0000000447. The highest BCUT2D eigenvalue weighted by atomic mass is 28.4. The molecule has 2 N–H and O–H groups in total. The molecule has 1 rings (SSSR count). The van der Waals surface area contributed by atoms with Crippen molar-refractivity contribution in [2.24, 2.45) is 10.8 Å². The highest BCUT2D eigenvalue weighted by molar-refractivity contribution is 6.60. The van der Waals surface area contributed by atoms with E-state index in [1.54, 1.807) is 85.3 Å². The summed E-state index contributed by atoms with van der Waals surface area (Å²) in [5.41, 5.74) is -1.15. The molecule has 36 heteroatoms. The van der Waals surface area contributed by atoms with Crippen LogP contribution in [0.15, 0.2) is 0 Å². The minimum Gasteiger partial charge on any atom is -0.394 e. The molecule has 0 aliphatic carbocycles. The predicted molar refractivity (Wildman–Crippen MR) is 552 cm³/mol. The molecule has 0 saturated carbocycles. The third-order valence-electron chi connectivity index (χ3n) is 14.2. The summed E-state index contributed by atoms with van der Waals surface area (Å²) in [6, 6.07) is 1.41. The maximum Gasteiger partial charge on any atom is 0.500 e. The minimum atomic E-state index is -2.61. The lowest BCUT2D eigenvalue weighted by Gasteiger charge is -2.33. The van der Waals surface area contributed by atoms with Gasteiger partial charge in [0.05, 0.1) is 302 Å². The van der Waals surface area contributed by atoms with Crippen LogP contribution in [0.1, 0.15) is 206 Å². The van der Waals surface area contributed by atoms with Crippen LogP contribution in [0.25, 0.3) is 0 Å². The Hall–Kier alpha value is -0.926. The highest BCUT2D eigenvalue weighted by Gasteiger charge is 2.39. The van der Waals surface area contributed by atoms with Crippen LogP contribution in [0.5, 0.6) is 0 Å². The largest absolute Gasteiger partial charge is 0.500 e. The molecule has 34 nitrogen and oxygen atoms in total. The smallest absolute Gasteiger partial charge is 0.394 e. The molecular formula is C92H244O34Si2. The second-order valence-corrected chi connectivity index (χ2v) is 28.8. The second-order valence-electron chi connectivity index (χ2n) is 22.6. The Morgan fingerprint density at radius 2 is 0.398 bits per heavy atom. The first-order valence-electron chi connectivity index (χ1n) is 35.1. The monoisotopic (exact) mass is 1950 g/mol. The summed E-state index contributed by atoms with van der Waals surface area (Å²) < 4.78 is 175. The summed E-state index contributed by atoms with van der Waals surface area (Å²) in [5, 5.41) is 19.0. The molecule has 2 atom stereocenters. The lowest BCUT2D eigenvalue weighted by atomic mass is 9.92. The van der Waals surface area contributed by atoms with Crippen LogP contribution < -0.4 is 0 Å². The fourth-order valence-corrected chi connectivity index (χ4v) is 11.7. The first-order valence-corrected chi connectivity index (χ1v) is 39.0. The molecule has 1 aliphatic rings. The van der Waals surface area contributed by atoms with E-state index < -0.39 is 34.5 Å². The van der Waals surface area contributed by atoms with Crippen molar-refractivity contribution >= 4 is 17.6 Å². The van der Waals surface area contributed by atoms with Gasteiger partial charge < -0.3 is 160 Å². The molecule has 1 aliphatic heterocycles. The van der Waals surface area contributed by atoms with Crippen molar-refractivity contribution < 1.29 is 160 Å². The van der Waals surface area contributed by atoms with E-state index >= 15 is 0 Å². The van der Waals surface area contributed by atoms with Crippen molar-refractivity contribution in [3.63, 3.8) is 0 Å². The van der Waals surface area contributed by atoms with Gasteiger partial charge in [-0.3, -0.25) is 0 Å². The fourth-order valence-electron chi connectivity index (χ4n) is 8.36. The summed E-state index contributed by atoms with van der Waals surface area (Å²) in [4.78, 5) is 0. The SMILES string of the molecule is C.C.C.C.C.C.C.C.C.C.C.C.C.C.C.C.C.C.C.C.C.C.C.C.C.C.COCCOCCOCC(COCCOCCO)(COCCOCCOC)COCCOCCOC.COCCOCCOCC(COCCOCCOC)(COCCOCCOC)COCCOCCOCC(O)COCCC[Si](OC)(OC)OC.CO[Si](CCCOCC1CO1)(OC)OC. The summed E-state index contributed by atoms with van der Waals surface area (Å²) >= 11 is 0. The first kappa shape index (κ1) is 206. The molecular weight excluding hydrogens is 1710 g/mol. The first-order chi connectivity index (χ1) is 50.0. The third-order valence-corrected chi connectivity index (χ3v) is 19.8. The number of methoxy groups -OCH3 is 6. The predicted octanol–water partition coefficient (Wildman–Crippen LogP) is 18.0. The molecule has 128 heavy (non-hydrogen) atoms. The zero-order valence-electron chi connectivity index (χ0n) is 64.5. The van der Waals surface area contributed by atoms with E-state index in [1.165, 1.54) is 0 Å². The van der Waals surface area contributed by atoms with Crippen molar-refractivity contribution in [1.29, 1.82) is 0 Å². The van der Waals surface area contributed by atoms with Crippen LogP contribution in [-0.4, -0.2) is 429 Å². The van der Waals surface area contributed by atoms with Crippen LogP contribution in [0.2, 0.25) is 12.1 Å². The molecule has 1 fully saturated rings. The lowest BCUT2D eigenvalue weighted by molar-refractivity contribution is -0.122. The number of hydrogen-bond donors (Lipinski definition) is 2. The molecule has 1 saturated heterocycles. The molecule has 0 radical (unpaired) electrons. The second kappa shape index (κ2) is 160. The Bertz CT molecular complexity index is 1520. The van der Waals surface area contributed by atoms with Crippen LogP contribution in [0.4, 0.5) is 0 Å². The van der Waals surface area contributed by atoms with E-state index in [0.29, 0.717) is 289 Å². The number of aliphatic hydroxyl groups excluding tert-OH is 2. The van der Waals surface area contributed by atoms with Gasteiger partial charge in [0.1, 0.15) is 12.2 Å². The maximum absolute atomic E-state index is 10.1. The van der Waals surface area contributed by atoms with Crippen LogP contribution in [0.3, 0.4) is 0 Å². The molecule has 0 bridgehead atoms. The van der Waals surface area contributed by atoms with Gasteiger partial charge in [-0.15, -0.1) is 0 Å². The number of epoxide rings is 1. The lowest BCUT2D eigenvalue weighted by Crippen LogP contribution is -2.43. The van der Waals surface area contributed by atoms with Crippen LogP contribution in [0, 0.1) is 10.8 Å². The standard InChI is InChI=1S/C33H70O17Si.C24H50O12.C9H20O5Si.26CH4/c1-35-9-12-41-16-21-47-28-33(29-48-22-17-42-13-10-36-2,30-49-23-18-43-14-11-37-3)31-50-24-19-44-15-20-46-27-32(34)26-45-8-7-25-51(38-4,39-5)40-6;1-26-6-9-30-13-17-34-21-24(20-33-16-12-29-5-4-25,22-35-18-14-31-10-7-27-2)23-36-19-15-32-11-8-28-3;1-10-15(11-2,12-3)6-4-5-13-7-9-8-14-9;;;;;;;;;;;;;;;;;;;;;;;;;;/h32,34H,7-31H2,1-6H3;25H,4-23H2,1-3H3;9H,4-8H2,1-3H3;26*1H4. The van der Waals surface area contributed by atoms with Crippen LogP contribution in [-0.2, 0) is 150 Å².